The number of nitro groups is 1. The Morgan fingerprint density at radius 1 is 1.14 bits per heavy atom. The standard InChI is InChI=1S/C16H24N4O6S2/c1-18-6-8-19(9-7-18)28(25,26)14-2-3-15(16(12-14)20(21)22)17-13-4-10-27(23,24)11-5-13/h2-3,12-13,17H,4-11H2,1H3. The highest BCUT2D eigenvalue weighted by molar-refractivity contribution is 7.91. The number of nitro benzene ring substituents is 1. The van der Waals surface area contributed by atoms with Crippen molar-refractivity contribution in [3.63, 3.8) is 0 Å². The highest BCUT2D eigenvalue weighted by Crippen LogP contribution is 2.31. The van der Waals surface area contributed by atoms with Crippen LogP contribution in [0.2, 0.25) is 0 Å². The molecule has 1 aromatic rings. The molecule has 0 spiro atoms. The number of hydrogen-bond acceptors (Lipinski definition) is 8. The van der Waals surface area contributed by atoms with Gasteiger partial charge in [0.1, 0.15) is 15.5 Å². The highest BCUT2D eigenvalue weighted by atomic mass is 32.2. The first-order chi connectivity index (χ1) is 13.1. The topological polar surface area (TPSA) is 130 Å². The monoisotopic (exact) mass is 432 g/mol. The van der Waals surface area contributed by atoms with Crippen LogP contribution in [0.5, 0.6) is 0 Å². The number of nitrogens with zero attached hydrogens (tertiary/aromatic N) is 3. The van der Waals surface area contributed by atoms with Crippen molar-refractivity contribution in [3.05, 3.63) is 28.3 Å². The average molecular weight is 433 g/mol. The summed E-state index contributed by atoms with van der Waals surface area (Å²) in [5.41, 5.74) is -0.129. The van der Waals surface area contributed by atoms with Gasteiger partial charge in [-0.05, 0) is 32.0 Å². The zero-order valence-corrected chi connectivity index (χ0v) is 17.2. The fourth-order valence-corrected chi connectivity index (χ4v) is 6.31. The van der Waals surface area contributed by atoms with E-state index >= 15 is 0 Å². The Hall–Kier alpha value is -1.76. The molecule has 0 amide bonds. The molecule has 2 fully saturated rings. The zero-order chi connectivity index (χ0) is 20.5. The molecule has 1 aromatic carbocycles. The number of sulfonamides is 1. The Labute approximate surface area is 164 Å². The number of rotatable bonds is 5. The van der Waals surface area contributed by atoms with Crippen molar-refractivity contribution >= 4 is 31.2 Å². The van der Waals surface area contributed by atoms with Crippen molar-refractivity contribution in [3.8, 4) is 0 Å². The van der Waals surface area contributed by atoms with E-state index in [2.05, 4.69) is 5.32 Å². The summed E-state index contributed by atoms with van der Waals surface area (Å²) in [5.74, 6) is 0.0721. The molecule has 12 heteroatoms. The van der Waals surface area contributed by atoms with Gasteiger partial charge in [0, 0.05) is 38.3 Å². The van der Waals surface area contributed by atoms with Crippen LogP contribution in [0, 0.1) is 10.1 Å². The first kappa shape index (κ1) is 21.0. The molecule has 0 unspecified atom stereocenters. The lowest BCUT2D eigenvalue weighted by molar-refractivity contribution is -0.384. The molecule has 1 N–H and O–H groups in total. The van der Waals surface area contributed by atoms with Crippen molar-refractivity contribution in [2.75, 3.05) is 50.0 Å². The summed E-state index contributed by atoms with van der Waals surface area (Å²) < 4.78 is 50.1. The smallest absolute Gasteiger partial charge is 0.293 e. The van der Waals surface area contributed by atoms with Gasteiger partial charge in [-0.15, -0.1) is 0 Å². The Morgan fingerprint density at radius 3 is 2.32 bits per heavy atom. The van der Waals surface area contributed by atoms with E-state index in [1.54, 1.807) is 0 Å². The lowest BCUT2D eigenvalue weighted by atomic mass is 10.1. The van der Waals surface area contributed by atoms with Crippen LogP contribution in [0.25, 0.3) is 0 Å². The van der Waals surface area contributed by atoms with Gasteiger partial charge >= 0.3 is 0 Å². The number of hydrogen-bond donors (Lipinski definition) is 1. The second-order valence-corrected chi connectivity index (χ2v) is 11.5. The number of likely N-dealkylation sites (N-methyl/N-ethyl adjacent to an activating group) is 1. The Balaban J connectivity index is 1.82. The molecule has 0 radical (unpaired) electrons. The van der Waals surface area contributed by atoms with Gasteiger partial charge in [0.15, 0.2) is 0 Å². The van der Waals surface area contributed by atoms with Crippen molar-refractivity contribution in [2.45, 2.75) is 23.8 Å². The fraction of sp³-hybridized carbons (Fsp3) is 0.625. The number of sulfone groups is 1. The lowest BCUT2D eigenvalue weighted by Gasteiger charge is -2.31. The summed E-state index contributed by atoms with van der Waals surface area (Å²) in [4.78, 5) is 12.8. The van der Waals surface area contributed by atoms with Gasteiger partial charge in [0.05, 0.1) is 21.3 Å². The predicted molar refractivity (Wildman–Crippen MR) is 105 cm³/mol. The van der Waals surface area contributed by atoms with Crippen molar-refractivity contribution in [1.82, 2.24) is 9.21 Å². The number of nitrogens with one attached hydrogen (secondary N) is 1. The molecular formula is C16H24N4O6S2. The summed E-state index contributed by atoms with van der Waals surface area (Å²) in [7, 11) is -4.94. The maximum absolute atomic E-state index is 12.8. The summed E-state index contributed by atoms with van der Waals surface area (Å²) in [6.45, 7) is 1.88. The normalized spacial score (nSPS) is 22.0. The second-order valence-electron chi connectivity index (χ2n) is 7.21. The van der Waals surface area contributed by atoms with E-state index in [4.69, 9.17) is 0 Å². The summed E-state index contributed by atoms with van der Waals surface area (Å²) in [6.07, 6.45) is 0.724. The van der Waals surface area contributed by atoms with Gasteiger partial charge in [-0.25, -0.2) is 16.8 Å². The van der Waals surface area contributed by atoms with E-state index in [1.165, 1.54) is 16.4 Å². The van der Waals surface area contributed by atoms with E-state index in [0.29, 0.717) is 39.0 Å². The first-order valence-corrected chi connectivity index (χ1v) is 12.3. The largest absolute Gasteiger partial charge is 0.377 e. The van der Waals surface area contributed by atoms with Gasteiger partial charge in [0.2, 0.25) is 10.0 Å². The van der Waals surface area contributed by atoms with Gasteiger partial charge < -0.3 is 10.2 Å². The van der Waals surface area contributed by atoms with Crippen molar-refractivity contribution in [1.29, 1.82) is 0 Å². The van der Waals surface area contributed by atoms with Crippen LogP contribution in [0.1, 0.15) is 12.8 Å². The van der Waals surface area contributed by atoms with Gasteiger partial charge in [0.25, 0.3) is 5.69 Å². The molecular weight excluding hydrogens is 408 g/mol. The van der Waals surface area contributed by atoms with Crippen LogP contribution in [0.3, 0.4) is 0 Å². The third-order valence-corrected chi connectivity index (χ3v) is 8.79. The summed E-state index contributed by atoms with van der Waals surface area (Å²) in [5, 5.41) is 14.5. The van der Waals surface area contributed by atoms with E-state index in [-0.39, 0.29) is 33.8 Å². The SMILES string of the molecule is CN1CCN(S(=O)(=O)c2ccc(NC3CCS(=O)(=O)CC3)c([N+](=O)[O-])c2)CC1. The number of piperazine rings is 1. The van der Waals surface area contributed by atoms with Gasteiger partial charge in [-0.1, -0.05) is 0 Å². The fourth-order valence-electron chi connectivity index (χ4n) is 3.38. The molecule has 2 aliphatic heterocycles. The Morgan fingerprint density at radius 2 is 1.75 bits per heavy atom. The molecule has 28 heavy (non-hydrogen) atoms. The van der Waals surface area contributed by atoms with Crippen molar-refractivity contribution < 1.29 is 21.8 Å². The minimum atomic E-state index is -3.81. The van der Waals surface area contributed by atoms with Crippen LogP contribution in [-0.2, 0) is 19.9 Å². The second kappa shape index (κ2) is 7.93. The minimum Gasteiger partial charge on any atom is -0.377 e. The van der Waals surface area contributed by atoms with Gasteiger partial charge in [-0.2, -0.15) is 4.31 Å². The minimum absolute atomic E-state index is 0.0360. The molecule has 2 aliphatic rings. The van der Waals surface area contributed by atoms with E-state index in [1.807, 2.05) is 11.9 Å². The van der Waals surface area contributed by atoms with Crippen LogP contribution in [-0.4, -0.2) is 81.7 Å². The lowest BCUT2D eigenvalue weighted by Crippen LogP contribution is -2.47. The molecule has 0 aromatic heterocycles. The molecule has 3 rings (SSSR count). The zero-order valence-electron chi connectivity index (χ0n) is 15.6. The Kier molecular flexibility index (Phi) is 5.94. The predicted octanol–water partition coefficient (Wildman–Crippen LogP) is 0.520. The number of anilines is 1. The maximum Gasteiger partial charge on any atom is 0.293 e. The molecule has 2 saturated heterocycles. The highest BCUT2D eigenvalue weighted by Gasteiger charge is 2.31. The molecule has 156 valence electrons. The van der Waals surface area contributed by atoms with Crippen LogP contribution in [0.15, 0.2) is 23.1 Å². The van der Waals surface area contributed by atoms with Crippen LogP contribution >= 0.6 is 0 Å². The maximum atomic E-state index is 12.8. The average Bonchev–Trinajstić information content (AvgIpc) is 2.64. The first-order valence-electron chi connectivity index (χ1n) is 9.02. The molecule has 2 heterocycles. The van der Waals surface area contributed by atoms with Crippen LogP contribution in [0.4, 0.5) is 11.4 Å². The third-order valence-electron chi connectivity index (χ3n) is 5.18. The molecule has 0 aliphatic carbocycles. The molecule has 10 nitrogen and oxygen atoms in total. The molecule has 0 bridgehead atoms. The third kappa shape index (κ3) is 4.62. The van der Waals surface area contributed by atoms with Gasteiger partial charge in [-0.3, -0.25) is 10.1 Å². The van der Waals surface area contributed by atoms with Crippen molar-refractivity contribution in [2.24, 2.45) is 0 Å². The Bertz CT molecular complexity index is 941. The molecule has 0 saturated carbocycles. The van der Waals surface area contributed by atoms with E-state index in [9.17, 15) is 26.9 Å². The number of benzene rings is 1. The summed E-state index contributed by atoms with van der Waals surface area (Å²) in [6, 6.07) is 3.63. The molecule has 0 atom stereocenters. The van der Waals surface area contributed by atoms with Crippen LogP contribution < -0.4 is 5.32 Å². The van der Waals surface area contributed by atoms with E-state index < -0.39 is 24.8 Å². The van der Waals surface area contributed by atoms with E-state index in [0.717, 1.165) is 6.07 Å². The summed E-state index contributed by atoms with van der Waals surface area (Å²) >= 11 is 0. The quantitative estimate of drug-likeness (QED) is 0.526.